The Kier molecular flexibility index (Phi) is 7.41. The molecule has 0 radical (unpaired) electrons. The number of pyridine rings is 2. The molecular formula is C37H35N7O2S. The monoisotopic (exact) mass is 641 g/mol. The summed E-state index contributed by atoms with van der Waals surface area (Å²) in [6, 6.07) is 26.6. The summed E-state index contributed by atoms with van der Waals surface area (Å²) in [4.78, 5) is 44.0. The average molecular weight is 642 g/mol. The Labute approximate surface area is 276 Å². The van der Waals surface area contributed by atoms with Gasteiger partial charge in [-0.3, -0.25) is 19.1 Å². The Morgan fingerprint density at radius 3 is 2.36 bits per heavy atom. The minimum absolute atomic E-state index is 0.294. The molecule has 0 atom stereocenters. The van der Waals surface area contributed by atoms with Crippen LogP contribution in [0.4, 0.5) is 11.5 Å². The molecule has 2 saturated heterocycles. The number of likely N-dealkylation sites (tertiary alicyclic amines) is 1. The molecule has 6 aromatic rings. The summed E-state index contributed by atoms with van der Waals surface area (Å²) in [5.74, 6) is 1.93. The molecule has 8 rings (SSSR count). The van der Waals surface area contributed by atoms with Gasteiger partial charge in [0.15, 0.2) is 11.5 Å². The standard InChI is InChI=1S/C37H35N7O2S/c1-2-47-33-30(31(45)32(33)46)43-19-16-37(17-20-43)22-42(23-37)21-24-10-12-26(13-11-24)44-35(27-9-6-18-39-34(27)38)41-29-15-14-28(40-36(29)44)25-7-4-3-5-8-25/h3-15,18H,2,16-17,19-23H2,1H3,(H2,38,39). The van der Waals surface area contributed by atoms with Gasteiger partial charge in [0.05, 0.1) is 16.2 Å². The second-order valence-electron chi connectivity index (χ2n) is 12.7. The molecule has 1 spiro atoms. The Hall–Kier alpha value is -4.80. The molecule has 9 nitrogen and oxygen atoms in total. The first kappa shape index (κ1) is 29.6. The third kappa shape index (κ3) is 5.21. The molecule has 2 aliphatic heterocycles. The number of nitrogens with zero attached hydrogens (tertiary/aromatic N) is 6. The predicted octanol–water partition coefficient (Wildman–Crippen LogP) is 5.54. The van der Waals surface area contributed by atoms with Gasteiger partial charge in [-0.2, -0.15) is 0 Å². The maximum Gasteiger partial charge on any atom is 0.251 e. The van der Waals surface area contributed by atoms with E-state index in [0.717, 1.165) is 85.0 Å². The van der Waals surface area contributed by atoms with Gasteiger partial charge in [0.25, 0.3) is 5.43 Å². The summed E-state index contributed by atoms with van der Waals surface area (Å²) in [6.45, 7) is 6.68. The number of aromatic nitrogens is 4. The van der Waals surface area contributed by atoms with Gasteiger partial charge >= 0.3 is 0 Å². The van der Waals surface area contributed by atoms with E-state index < -0.39 is 0 Å². The van der Waals surface area contributed by atoms with Crippen LogP contribution in [0.3, 0.4) is 0 Å². The minimum atomic E-state index is -0.306. The van der Waals surface area contributed by atoms with Crippen molar-refractivity contribution in [2.75, 3.05) is 42.6 Å². The van der Waals surface area contributed by atoms with Gasteiger partial charge in [-0.25, -0.2) is 15.0 Å². The van der Waals surface area contributed by atoms with Crippen molar-refractivity contribution >= 4 is 34.4 Å². The number of thioether (sulfide) groups is 1. The van der Waals surface area contributed by atoms with Gasteiger partial charge in [0, 0.05) is 50.2 Å². The van der Waals surface area contributed by atoms with Crippen molar-refractivity contribution in [2.45, 2.75) is 31.2 Å². The molecule has 3 aromatic carbocycles. The highest BCUT2D eigenvalue weighted by Crippen LogP contribution is 2.42. The van der Waals surface area contributed by atoms with Crippen LogP contribution in [0.25, 0.3) is 39.5 Å². The van der Waals surface area contributed by atoms with E-state index in [4.69, 9.17) is 15.7 Å². The highest BCUT2D eigenvalue weighted by molar-refractivity contribution is 7.99. The topological polar surface area (TPSA) is 110 Å². The minimum Gasteiger partial charge on any atom is -0.383 e. The maximum absolute atomic E-state index is 12.3. The second-order valence-corrected chi connectivity index (χ2v) is 14.0. The van der Waals surface area contributed by atoms with Gasteiger partial charge < -0.3 is 10.6 Å². The van der Waals surface area contributed by atoms with E-state index in [1.807, 2.05) is 49.4 Å². The van der Waals surface area contributed by atoms with Gasteiger partial charge in [0.1, 0.15) is 17.0 Å². The lowest BCUT2D eigenvalue weighted by Crippen LogP contribution is -2.60. The Morgan fingerprint density at radius 2 is 1.64 bits per heavy atom. The molecule has 0 saturated carbocycles. The van der Waals surface area contributed by atoms with Gasteiger partial charge in [-0.1, -0.05) is 49.4 Å². The first-order valence-electron chi connectivity index (χ1n) is 16.1. The van der Waals surface area contributed by atoms with E-state index in [2.05, 4.69) is 55.7 Å². The summed E-state index contributed by atoms with van der Waals surface area (Å²) in [5.41, 5.74) is 13.1. The van der Waals surface area contributed by atoms with Crippen LogP contribution >= 0.6 is 11.8 Å². The first-order valence-corrected chi connectivity index (χ1v) is 17.1. The Morgan fingerprint density at radius 1 is 0.872 bits per heavy atom. The number of imidazole rings is 1. The largest absolute Gasteiger partial charge is 0.383 e. The molecule has 0 amide bonds. The smallest absolute Gasteiger partial charge is 0.251 e. The van der Waals surface area contributed by atoms with Crippen molar-refractivity contribution in [2.24, 2.45) is 5.41 Å². The van der Waals surface area contributed by atoms with Gasteiger partial charge in [-0.05, 0) is 66.0 Å². The normalized spacial score (nSPS) is 16.2. The van der Waals surface area contributed by atoms with Crippen molar-refractivity contribution in [3.05, 3.63) is 111 Å². The molecule has 2 fully saturated rings. The Bertz CT molecular complexity index is 2150. The first-order chi connectivity index (χ1) is 22.9. The average Bonchev–Trinajstić information content (AvgIpc) is 3.47. The summed E-state index contributed by atoms with van der Waals surface area (Å²) in [7, 11) is 0. The summed E-state index contributed by atoms with van der Waals surface area (Å²) >= 11 is 1.50. The summed E-state index contributed by atoms with van der Waals surface area (Å²) < 4.78 is 2.08. The van der Waals surface area contributed by atoms with E-state index in [1.165, 1.54) is 17.3 Å². The van der Waals surface area contributed by atoms with Crippen LogP contribution in [0, 0.1) is 5.41 Å². The predicted molar refractivity (Wildman–Crippen MR) is 189 cm³/mol. The molecule has 47 heavy (non-hydrogen) atoms. The molecule has 3 aromatic heterocycles. The van der Waals surface area contributed by atoms with E-state index >= 15 is 0 Å². The quantitative estimate of drug-likeness (QED) is 0.169. The molecule has 0 bridgehead atoms. The third-order valence-corrected chi connectivity index (χ3v) is 10.6. The fourth-order valence-electron chi connectivity index (χ4n) is 7.23. The van der Waals surface area contributed by atoms with Crippen molar-refractivity contribution in [3.8, 4) is 28.3 Å². The van der Waals surface area contributed by atoms with E-state index in [0.29, 0.717) is 27.6 Å². The van der Waals surface area contributed by atoms with Crippen molar-refractivity contribution in [1.82, 2.24) is 24.4 Å². The van der Waals surface area contributed by atoms with Crippen LogP contribution in [0.5, 0.6) is 0 Å². The molecule has 2 N–H and O–H groups in total. The Balaban J connectivity index is 1.00. The molecule has 5 heterocycles. The van der Waals surface area contributed by atoms with Gasteiger partial charge in [-0.15, -0.1) is 11.8 Å². The number of nitrogen functional groups attached to an aromatic ring is 1. The van der Waals surface area contributed by atoms with Crippen LogP contribution < -0.4 is 21.5 Å². The van der Waals surface area contributed by atoms with Crippen LogP contribution in [0.1, 0.15) is 25.3 Å². The highest BCUT2D eigenvalue weighted by atomic mass is 32.2. The molecule has 2 aliphatic rings. The van der Waals surface area contributed by atoms with Crippen LogP contribution in [-0.2, 0) is 6.54 Å². The number of piperidine rings is 1. The van der Waals surface area contributed by atoms with Crippen LogP contribution in [-0.4, -0.2) is 56.4 Å². The van der Waals surface area contributed by atoms with Crippen LogP contribution in [0.2, 0.25) is 0 Å². The zero-order chi connectivity index (χ0) is 32.1. The zero-order valence-electron chi connectivity index (χ0n) is 26.2. The van der Waals surface area contributed by atoms with Crippen LogP contribution in [0.15, 0.2) is 99.5 Å². The third-order valence-electron chi connectivity index (χ3n) is 9.64. The lowest BCUT2D eigenvalue weighted by atomic mass is 9.71. The molecular weight excluding hydrogens is 607 g/mol. The lowest BCUT2D eigenvalue weighted by Gasteiger charge is -2.54. The second kappa shape index (κ2) is 11.8. The van der Waals surface area contributed by atoms with Gasteiger partial charge in [0.2, 0.25) is 5.43 Å². The number of anilines is 2. The molecule has 10 heteroatoms. The summed E-state index contributed by atoms with van der Waals surface area (Å²) in [5, 5.41) is 0. The SMILES string of the molecule is CCSc1c(N2CCC3(CC2)CN(Cc2ccc(-n4c(-c5cccnc5N)nc5ccc(-c6ccccc6)nc54)cc2)C3)c(=O)c1=O. The number of hydrogen-bond donors (Lipinski definition) is 1. The maximum atomic E-state index is 12.3. The molecule has 0 aliphatic carbocycles. The highest BCUT2D eigenvalue weighted by Gasteiger charge is 2.45. The van der Waals surface area contributed by atoms with E-state index in [-0.39, 0.29) is 10.9 Å². The van der Waals surface area contributed by atoms with Crippen molar-refractivity contribution in [1.29, 1.82) is 0 Å². The zero-order valence-corrected chi connectivity index (χ0v) is 27.0. The number of benzene rings is 2. The van der Waals surface area contributed by atoms with Crippen molar-refractivity contribution in [3.63, 3.8) is 0 Å². The summed E-state index contributed by atoms with van der Waals surface area (Å²) in [6.07, 6.45) is 3.78. The number of nitrogens with two attached hydrogens (primary N) is 1. The number of hydrogen-bond acceptors (Lipinski definition) is 9. The molecule has 0 unspecified atom stereocenters. The number of rotatable bonds is 8. The van der Waals surface area contributed by atoms with Crippen molar-refractivity contribution < 1.29 is 0 Å². The fourth-order valence-corrected chi connectivity index (χ4v) is 8.10. The van der Waals surface area contributed by atoms with E-state index in [1.54, 1.807) is 6.20 Å². The number of fused-ring (bicyclic) bond motifs is 1. The van der Waals surface area contributed by atoms with E-state index in [9.17, 15) is 9.59 Å². The lowest BCUT2D eigenvalue weighted by molar-refractivity contribution is -0.0241. The fraction of sp³-hybridized carbons (Fsp3) is 0.270. The molecule has 236 valence electrons.